The Labute approximate surface area is 209 Å². The quantitative estimate of drug-likeness (QED) is 0.496. The van der Waals surface area contributed by atoms with Gasteiger partial charge in [-0.25, -0.2) is 26.4 Å². The zero-order valence-electron chi connectivity index (χ0n) is 19.3. The fourth-order valence-electron chi connectivity index (χ4n) is 3.99. The van der Waals surface area contributed by atoms with E-state index < -0.39 is 44.6 Å². The average Bonchev–Trinajstić information content (AvgIpc) is 3.36. The summed E-state index contributed by atoms with van der Waals surface area (Å²) in [6.07, 6.45) is -15.9. The van der Waals surface area contributed by atoms with Crippen LogP contribution >= 0.6 is 0 Å². The summed E-state index contributed by atoms with van der Waals surface area (Å²) >= 11 is 0. The summed E-state index contributed by atoms with van der Waals surface area (Å²) in [5.41, 5.74) is 0. The Hall–Kier alpha value is -2.11. The predicted octanol–water partition coefficient (Wildman–Crippen LogP) is 3.09. The van der Waals surface area contributed by atoms with Gasteiger partial charge in [-0.2, -0.15) is 30.6 Å². The van der Waals surface area contributed by atoms with Gasteiger partial charge in [-0.1, -0.05) is 0 Å². The van der Waals surface area contributed by atoms with Crippen molar-refractivity contribution >= 4 is 26.1 Å². The number of ether oxygens (including phenoxy) is 1. The van der Waals surface area contributed by atoms with Crippen molar-refractivity contribution in [1.82, 2.24) is 13.9 Å². The molecule has 2 aliphatic rings. The molecule has 9 nitrogen and oxygen atoms in total. The number of sulfonamides is 2. The molecule has 0 radical (unpaired) electrons. The number of nitrogens with zero attached hydrogens (tertiary/aromatic N) is 2. The van der Waals surface area contributed by atoms with Crippen LogP contribution in [0.3, 0.4) is 0 Å². The molecular formula is C20H25F6N3O6S2. The minimum Gasteiger partial charge on any atom is -0.426 e. The number of rotatable bonds is 7. The molecule has 0 aromatic heterocycles. The lowest BCUT2D eigenvalue weighted by Crippen LogP contribution is -2.49. The number of amides is 1. The third-order valence-electron chi connectivity index (χ3n) is 6.08. The van der Waals surface area contributed by atoms with Crippen molar-refractivity contribution in [3.05, 3.63) is 24.3 Å². The molecule has 0 atom stereocenters. The van der Waals surface area contributed by atoms with Gasteiger partial charge in [0.15, 0.2) is 0 Å². The zero-order chi connectivity index (χ0) is 27.6. The normalized spacial score (nSPS) is 18.9. The minimum absolute atomic E-state index is 0.0362. The maximum Gasteiger partial charge on any atom is 0.434 e. The molecule has 3 rings (SSSR count). The summed E-state index contributed by atoms with van der Waals surface area (Å²) in [6, 6.07) is 4.70. The third kappa shape index (κ3) is 7.26. The molecule has 2 heterocycles. The lowest BCUT2D eigenvalue weighted by atomic mass is 9.97. The van der Waals surface area contributed by atoms with Crippen molar-refractivity contribution in [2.24, 2.45) is 5.92 Å². The van der Waals surface area contributed by atoms with Crippen molar-refractivity contribution in [3.63, 3.8) is 0 Å². The lowest BCUT2D eigenvalue weighted by Gasteiger charge is -2.33. The van der Waals surface area contributed by atoms with Gasteiger partial charge in [-0.15, -0.1) is 0 Å². The van der Waals surface area contributed by atoms with E-state index in [0.717, 1.165) is 25.0 Å². The first-order valence-corrected chi connectivity index (χ1v) is 14.1. The standard InChI is InChI=1S/C20H25F6N3O6S2/c21-19(22,23)17(20(24,25)26)35-18(30)28-11-7-14(8-12-28)13-27-36(31,32)15-3-5-16(6-4-15)37(33,34)29-9-1-2-10-29/h3-6,14,17,27H,1-2,7-13H2. The van der Waals surface area contributed by atoms with Gasteiger partial charge in [0.1, 0.15) is 0 Å². The van der Waals surface area contributed by atoms with Crippen molar-refractivity contribution < 1.29 is 52.7 Å². The number of piperidine rings is 1. The Bertz CT molecular complexity index is 1140. The van der Waals surface area contributed by atoms with Gasteiger partial charge in [0.25, 0.3) is 6.10 Å². The predicted molar refractivity (Wildman–Crippen MR) is 116 cm³/mol. The molecule has 2 saturated heterocycles. The van der Waals surface area contributed by atoms with E-state index in [1.54, 1.807) is 0 Å². The van der Waals surface area contributed by atoms with E-state index in [1.165, 1.54) is 16.4 Å². The van der Waals surface area contributed by atoms with Gasteiger partial charge in [0, 0.05) is 32.7 Å². The highest BCUT2D eigenvalue weighted by Gasteiger charge is 2.60. The van der Waals surface area contributed by atoms with Crippen LogP contribution in [0.25, 0.3) is 0 Å². The van der Waals surface area contributed by atoms with E-state index in [9.17, 15) is 48.0 Å². The van der Waals surface area contributed by atoms with Crippen LogP contribution < -0.4 is 4.72 Å². The number of hydrogen-bond acceptors (Lipinski definition) is 6. The van der Waals surface area contributed by atoms with E-state index in [-0.39, 0.29) is 48.2 Å². The van der Waals surface area contributed by atoms with Gasteiger partial charge >= 0.3 is 18.4 Å². The third-order valence-corrected chi connectivity index (χ3v) is 9.44. The number of benzene rings is 1. The number of nitrogens with one attached hydrogen (secondary N) is 1. The van der Waals surface area contributed by atoms with Crippen molar-refractivity contribution in [2.45, 2.75) is 53.9 Å². The molecule has 2 fully saturated rings. The second-order valence-corrected chi connectivity index (χ2v) is 12.4. The van der Waals surface area contributed by atoms with Crippen molar-refractivity contribution in [2.75, 3.05) is 32.7 Å². The number of halogens is 6. The van der Waals surface area contributed by atoms with Crippen LogP contribution in [0.1, 0.15) is 25.7 Å². The molecule has 0 saturated carbocycles. The highest BCUT2D eigenvalue weighted by atomic mass is 32.2. The maximum absolute atomic E-state index is 12.6. The number of hydrogen-bond donors (Lipinski definition) is 1. The molecule has 1 amide bonds. The largest absolute Gasteiger partial charge is 0.434 e. The molecule has 1 aromatic rings. The van der Waals surface area contributed by atoms with Gasteiger partial charge in [-0.05, 0) is 55.9 Å². The van der Waals surface area contributed by atoms with Crippen LogP contribution in [0, 0.1) is 5.92 Å². The highest BCUT2D eigenvalue weighted by Crippen LogP contribution is 2.36. The molecule has 210 valence electrons. The molecule has 1 aromatic carbocycles. The first-order chi connectivity index (χ1) is 17.0. The molecule has 1 N–H and O–H groups in total. The van der Waals surface area contributed by atoms with Crippen LogP contribution in [0.5, 0.6) is 0 Å². The second kappa shape index (κ2) is 10.9. The van der Waals surface area contributed by atoms with Crippen LogP contribution in [0.2, 0.25) is 0 Å². The van der Waals surface area contributed by atoms with Gasteiger partial charge in [0.05, 0.1) is 9.79 Å². The Morgan fingerprint density at radius 2 is 1.38 bits per heavy atom. The molecule has 0 spiro atoms. The lowest BCUT2D eigenvalue weighted by molar-refractivity contribution is -0.308. The summed E-state index contributed by atoms with van der Waals surface area (Å²) < 4.78 is 133. The van der Waals surface area contributed by atoms with E-state index in [1.807, 2.05) is 0 Å². The summed E-state index contributed by atoms with van der Waals surface area (Å²) in [4.78, 5) is 12.3. The monoisotopic (exact) mass is 581 g/mol. The summed E-state index contributed by atoms with van der Waals surface area (Å²) in [7, 11) is -7.75. The molecule has 17 heteroatoms. The fourth-order valence-corrected chi connectivity index (χ4v) is 6.63. The number of likely N-dealkylation sites (tertiary alicyclic amines) is 1. The Morgan fingerprint density at radius 1 is 0.892 bits per heavy atom. The summed E-state index contributed by atoms with van der Waals surface area (Å²) in [5.74, 6) is -0.352. The maximum atomic E-state index is 12.6. The molecule has 37 heavy (non-hydrogen) atoms. The van der Waals surface area contributed by atoms with Gasteiger partial charge < -0.3 is 9.64 Å². The second-order valence-electron chi connectivity index (χ2n) is 8.71. The molecule has 0 bridgehead atoms. The van der Waals surface area contributed by atoms with Crippen molar-refractivity contribution in [1.29, 1.82) is 0 Å². The van der Waals surface area contributed by atoms with E-state index in [4.69, 9.17) is 0 Å². The number of carbonyl (C=O) groups is 1. The van der Waals surface area contributed by atoms with E-state index >= 15 is 0 Å². The van der Waals surface area contributed by atoms with Gasteiger partial charge in [-0.3, -0.25) is 0 Å². The minimum atomic E-state index is -5.82. The highest BCUT2D eigenvalue weighted by molar-refractivity contribution is 7.89. The SMILES string of the molecule is O=C(OC(C(F)(F)F)C(F)(F)F)N1CCC(CNS(=O)(=O)c2ccc(S(=O)(=O)N3CCCC3)cc2)CC1. The molecule has 2 aliphatic heterocycles. The Balaban J connectivity index is 1.52. The molecule has 0 aliphatic carbocycles. The fraction of sp³-hybridized carbons (Fsp3) is 0.650. The van der Waals surface area contributed by atoms with Crippen molar-refractivity contribution in [3.8, 4) is 0 Å². The van der Waals surface area contributed by atoms with Crippen LogP contribution in [0.15, 0.2) is 34.1 Å². The number of carbonyl (C=O) groups excluding carboxylic acids is 1. The number of alkyl halides is 6. The average molecular weight is 582 g/mol. The zero-order valence-corrected chi connectivity index (χ0v) is 20.9. The van der Waals surface area contributed by atoms with E-state index in [0.29, 0.717) is 18.0 Å². The Morgan fingerprint density at radius 3 is 1.86 bits per heavy atom. The first kappa shape index (κ1) is 29.4. The first-order valence-electron chi connectivity index (χ1n) is 11.2. The van der Waals surface area contributed by atoms with E-state index in [2.05, 4.69) is 9.46 Å². The van der Waals surface area contributed by atoms with Crippen LogP contribution in [0.4, 0.5) is 31.1 Å². The molecule has 0 unspecified atom stereocenters. The molecular weight excluding hydrogens is 556 g/mol. The summed E-state index contributed by atoms with van der Waals surface area (Å²) in [5, 5.41) is 0. The van der Waals surface area contributed by atoms with Gasteiger partial charge in [0.2, 0.25) is 20.0 Å². The summed E-state index contributed by atoms with van der Waals surface area (Å²) in [6.45, 7) is 0.234. The smallest absolute Gasteiger partial charge is 0.426 e. The van der Waals surface area contributed by atoms with Crippen LogP contribution in [-0.2, 0) is 24.8 Å². The Kier molecular flexibility index (Phi) is 8.71. The topological polar surface area (TPSA) is 113 Å². The van der Waals surface area contributed by atoms with Crippen LogP contribution in [-0.4, -0.2) is 83.3 Å².